The minimum Gasteiger partial charge on any atom is -0.508 e. The fourth-order valence-electron chi connectivity index (χ4n) is 1.50. The third-order valence-electron chi connectivity index (χ3n) is 2.38. The van der Waals surface area contributed by atoms with E-state index in [1.165, 1.54) is 0 Å². The van der Waals surface area contributed by atoms with Gasteiger partial charge in [0.2, 0.25) is 5.78 Å². The summed E-state index contributed by atoms with van der Waals surface area (Å²) in [5, 5.41) is 9.34. The summed E-state index contributed by atoms with van der Waals surface area (Å²) < 4.78 is 5.19. The van der Waals surface area contributed by atoms with Crippen LogP contribution in [0, 0.1) is 6.92 Å². The third kappa shape index (κ3) is 2.01. The standard InChI is InChI=1S/C12H12O3/c1-8-6-9(2-3-10(8)13)7-12-11(14)4-5-15-12/h2-3,6-7,13H,4-5H2,1H3/b12-7-. The third-order valence-corrected chi connectivity index (χ3v) is 2.38. The molecule has 1 heterocycles. The van der Waals surface area contributed by atoms with Crippen LogP contribution in [-0.2, 0) is 9.53 Å². The number of carbonyl (C=O) groups is 1. The van der Waals surface area contributed by atoms with E-state index in [-0.39, 0.29) is 11.5 Å². The lowest BCUT2D eigenvalue weighted by atomic mass is 10.1. The molecule has 3 nitrogen and oxygen atoms in total. The number of aryl methyl sites for hydroxylation is 1. The summed E-state index contributed by atoms with van der Waals surface area (Å²) in [5.41, 5.74) is 1.66. The first kappa shape index (κ1) is 9.77. The van der Waals surface area contributed by atoms with Gasteiger partial charge < -0.3 is 9.84 Å². The van der Waals surface area contributed by atoms with E-state index in [1.807, 2.05) is 13.0 Å². The van der Waals surface area contributed by atoms with Crippen molar-refractivity contribution in [2.45, 2.75) is 13.3 Å². The summed E-state index contributed by atoms with van der Waals surface area (Å²) in [6.45, 7) is 2.29. The molecule has 0 spiro atoms. The van der Waals surface area contributed by atoms with Gasteiger partial charge in [-0.2, -0.15) is 0 Å². The zero-order valence-corrected chi connectivity index (χ0v) is 8.49. The van der Waals surface area contributed by atoms with Crippen LogP contribution < -0.4 is 0 Å². The first-order valence-electron chi connectivity index (χ1n) is 4.84. The molecule has 0 aliphatic carbocycles. The monoisotopic (exact) mass is 204 g/mol. The quantitative estimate of drug-likeness (QED) is 0.712. The van der Waals surface area contributed by atoms with Crippen LogP contribution in [-0.4, -0.2) is 17.5 Å². The van der Waals surface area contributed by atoms with Crippen molar-refractivity contribution >= 4 is 11.9 Å². The molecule has 1 aliphatic heterocycles. The predicted octanol–water partition coefficient (Wildman–Crippen LogP) is 2.03. The highest BCUT2D eigenvalue weighted by Gasteiger charge is 2.18. The number of rotatable bonds is 1. The molecule has 0 atom stereocenters. The van der Waals surface area contributed by atoms with Crippen molar-refractivity contribution in [3.05, 3.63) is 35.1 Å². The van der Waals surface area contributed by atoms with Gasteiger partial charge in [0.25, 0.3) is 0 Å². The van der Waals surface area contributed by atoms with E-state index in [1.54, 1.807) is 18.2 Å². The molecular formula is C12H12O3. The summed E-state index contributed by atoms with van der Waals surface area (Å²) in [4.78, 5) is 11.3. The molecule has 15 heavy (non-hydrogen) atoms. The van der Waals surface area contributed by atoms with Crippen LogP contribution in [0.25, 0.3) is 6.08 Å². The van der Waals surface area contributed by atoms with Crippen LogP contribution in [0.15, 0.2) is 24.0 Å². The van der Waals surface area contributed by atoms with E-state index in [0.29, 0.717) is 18.8 Å². The topological polar surface area (TPSA) is 46.5 Å². The number of phenols is 1. The maximum Gasteiger partial charge on any atom is 0.200 e. The van der Waals surface area contributed by atoms with Crippen molar-refractivity contribution in [1.82, 2.24) is 0 Å². The van der Waals surface area contributed by atoms with Crippen LogP contribution in [0.2, 0.25) is 0 Å². The van der Waals surface area contributed by atoms with Crippen molar-refractivity contribution in [3.63, 3.8) is 0 Å². The number of ether oxygens (including phenoxy) is 1. The Morgan fingerprint density at radius 2 is 2.27 bits per heavy atom. The average molecular weight is 204 g/mol. The lowest BCUT2D eigenvalue weighted by Gasteiger charge is -2.01. The summed E-state index contributed by atoms with van der Waals surface area (Å²) in [6, 6.07) is 5.18. The van der Waals surface area contributed by atoms with E-state index >= 15 is 0 Å². The van der Waals surface area contributed by atoms with Gasteiger partial charge in [-0.1, -0.05) is 6.07 Å². The summed E-state index contributed by atoms with van der Waals surface area (Å²) in [5.74, 6) is 0.719. The Morgan fingerprint density at radius 1 is 1.47 bits per heavy atom. The Hall–Kier alpha value is -1.77. The first-order valence-corrected chi connectivity index (χ1v) is 4.84. The number of hydrogen-bond acceptors (Lipinski definition) is 3. The van der Waals surface area contributed by atoms with Gasteiger partial charge in [0.05, 0.1) is 6.61 Å². The van der Waals surface area contributed by atoms with Crippen molar-refractivity contribution in [2.24, 2.45) is 0 Å². The molecule has 1 N–H and O–H groups in total. The zero-order valence-electron chi connectivity index (χ0n) is 8.49. The molecular weight excluding hydrogens is 192 g/mol. The van der Waals surface area contributed by atoms with E-state index in [0.717, 1.165) is 11.1 Å². The molecule has 1 aromatic carbocycles. The molecule has 0 bridgehead atoms. The second-order valence-electron chi connectivity index (χ2n) is 3.58. The largest absolute Gasteiger partial charge is 0.508 e. The van der Waals surface area contributed by atoms with Crippen LogP contribution in [0.3, 0.4) is 0 Å². The molecule has 0 unspecified atom stereocenters. The highest BCUT2D eigenvalue weighted by molar-refractivity contribution is 5.99. The maximum atomic E-state index is 11.3. The van der Waals surface area contributed by atoms with Crippen LogP contribution in [0.4, 0.5) is 0 Å². The first-order chi connectivity index (χ1) is 7.16. The minimum atomic E-state index is 0.0423. The maximum absolute atomic E-state index is 11.3. The fourth-order valence-corrected chi connectivity index (χ4v) is 1.50. The highest BCUT2D eigenvalue weighted by atomic mass is 16.5. The van der Waals surface area contributed by atoms with Crippen LogP contribution >= 0.6 is 0 Å². The normalized spacial score (nSPS) is 18.2. The van der Waals surface area contributed by atoms with E-state index in [2.05, 4.69) is 0 Å². The smallest absolute Gasteiger partial charge is 0.200 e. The van der Waals surface area contributed by atoms with Crippen molar-refractivity contribution in [2.75, 3.05) is 6.61 Å². The van der Waals surface area contributed by atoms with Crippen LogP contribution in [0.1, 0.15) is 17.5 Å². The molecule has 0 radical (unpaired) electrons. The number of Topliss-reactive ketones (excluding diaryl/α,β-unsaturated/α-hetero) is 1. The molecule has 1 aromatic rings. The van der Waals surface area contributed by atoms with Crippen molar-refractivity contribution in [1.29, 1.82) is 0 Å². The van der Waals surface area contributed by atoms with Gasteiger partial charge in [-0.15, -0.1) is 0 Å². The Kier molecular flexibility index (Phi) is 2.46. The minimum absolute atomic E-state index is 0.0423. The Balaban J connectivity index is 2.31. The number of ketones is 1. The zero-order chi connectivity index (χ0) is 10.8. The van der Waals surface area contributed by atoms with Gasteiger partial charge in [-0.3, -0.25) is 4.79 Å². The molecule has 0 aromatic heterocycles. The Labute approximate surface area is 88.0 Å². The van der Waals surface area contributed by atoms with Crippen LogP contribution in [0.5, 0.6) is 5.75 Å². The Bertz CT molecular complexity index is 432. The van der Waals surface area contributed by atoms with E-state index in [9.17, 15) is 9.90 Å². The average Bonchev–Trinajstić information content (AvgIpc) is 2.59. The van der Waals surface area contributed by atoms with Gasteiger partial charge in [0.15, 0.2) is 5.76 Å². The lowest BCUT2D eigenvalue weighted by Crippen LogP contribution is -1.92. The molecule has 1 aliphatic rings. The number of phenolic OH excluding ortho intramolecular Hbond substituents is 1. The van der Waals surface area contributed by atoms with Gasteiger partial charge >= 0.3 is 0 Å². The number of hydrogen-bond donors (Lipinski definition) is 1. The number of aromatic hydroxyl groups is 1. The predicted molar refractivity (Wildman–Crippen MR) is 56.4 cm³/mol. The second kappa shape index (κ2) is 3.77. The van der Waals surface area contributed by atoms with E-state index < -0.39 is 0 Å². The van der Waals surface area contributed by atoms with Gasteiger partial charge in [-0.25, -0.2) is 0 Å². The Morgan fingerprint density at radius 3 is 2.87 bits per heavy atom. The number of allylic oxidation sites excluding steroid dienone is 1. The number of benzene rings is 1. The summed E-state index contributed by atoms with van der Waals surface area (Å²) in [7, 11) is 0. The van der Waals surface area contributed by atoms with Crippen molar-refractivity contribution < 1.29 is 14.6 Å². The SMILES string of the molecule is Cc1cc(/C=C2\OCCC2=O)ccc1O. The molecule has 0 saturated carbocycles. The molecule has 3 heteroatoms. The molecule has 1 fully saturated rings. The molecule has 78 valence electrons. The summed E-state index contributed by atoms with van der Waals surface area (Å²) >= 11 is 0. The van der Waals surface area contributed by atoms with E-state index in [4.69, 9.17) is 4.74 Å². The van der Waals surface area contributed by atoms with Crippen molar-refractivity contribution in [3.8, 4) is 5.75 Å². The van der Waals surface area contributed by atoms with Gasteiger partial charge in [0.1, 0.15) is 5.75 Å². The molecule has 0 amide bonds. The lowest BCUT2D eigenvalue weighted by molar-refractivity contribution is -0.114. The second-order valence-corrected chi connectivity index (χ2v) is 3.58. The molecule has 1 saturated heterocycles. The fraction of sp³-hybridized carbons (Fsp3) is 0.250. The summed E-state index contributed by atoms with van der Waals surface area (Å²) in [6.07, 6.45) is 2.17. The van der Waals surface area contributed by atoms with Gasteiger partial charge in [0, 0.05) is 6.42 Å². The number of carbonyl (C=O) groups excluding carboxylic acids is 1. The highest BCUT2D eigenvalue weighted by Crippen LogP contribution is 2.21. The van der Waals surface area contributed by atoms with Gasteiger partial charge in [-0.05, 0) is 36.3 Å². The molecule has 2 rings (SSSR count).